The Balaban J connectivity index is 1.88. The van der Waals surface area contributed by atoms with Crippen molar-refractivity contribution in [3.05, 3.63) is 40.2 Å². The van der Waals surface area contributed by atoms with Gasteiger partial charge in [0.2, 0.25) is 0 Å². The highest BCUT2D eigenvalue weighted by molar-refractivity contribution is 7.99. The van der Waals surface area contributed by atoms with Gasteiger partial charge in [-0.2, -0.15) is 0 Å². The summed E-state index contributed by atoms with van der Waals surface area (Å²) in [7, 11) is 0. The number of rotatable bonds is 8. The number of thioether (sulfide) groups is 1. The molecule has 1 aromatic heterocycles. The van der Waals surface area contributed by atoms with Gasteiger partial charge in [0.15, 0.2) is 23.7 Å². The van der Waals surface area contributed by atoms with E-state index in [9.17, 15) is 19.2 Å². The van der Waals surface area contributed by atoms with Crippen molar-refractivity contribution in [1.82, 2.24) is 0 Å². The zero-order valence-electron chi connectivity index (χ0n) is 14.6. The lowest BCUT2D eigenvalue weighted by Crippen LogP contribution is -2.54. The zero-order chi connectivity index (χ0) is 20.1. The van der Waals surface area contributed by atoms with Gasteiger partial charge in [-0.3, -0.25) is 14.4 Å². The minimum atomic E-state index is -1.03. The first-order valence-electron chi connectivity index (χ1n) is 8.17. The standard InChI is InChI=1S/C18H16O9S/c1-10-4-15(22)27-13-5-11(2-3-12(10)13)26-18-17(25-9-21)16(24-8-20)14(6-28-18)23-7-19/h2-5,7-9,14,16-18H,6H2,1H3/t14-,16+,17-,18-/m1/s1. The van der Waals surface area contributed by atoms with Crippen LogP contribution in [-0.2, 0) is 28.6 Å². The third kappa shape index (κ3) is 4.11. The first kappa shape index (κ1) is 19.7. The van der Waals surface area contributed by atoms with Crippen LogP contribution < -0.4 is 10.4 Å². The fourth-order valence-corrected chi connectivity index (χ4v) is 4.22. The normalized spacial score (nSPS) is 24.2. The van der Waals surface area contributed by atoms with Gasteiger partial charge in [0.05, 0.1) is 0 Å². The Morgan fingerprint density at radius 3 is 2.46 bits per heavy atom. The molecule has 0 unspecified atom stereocenters. The molecule has 1 aliphatic rings. The first-order valence-corrected chi connectivity index (χ1v) is 9.22. The van der Waals surface area contributed by atoms with Crippen LogP contribution in [0.2, 0.25) is 0 Å². The lowest BCUT2D eigenvalue weighted by Gasteiger charge is -2.38. The van der Waals surface area contributed by atoms with Crippen LogP contribution in [0.4, 0.5) is 0 Å². The first-order chi connectivity index (χ1) is 13.6. The van der Waals surface area contributed by atoms with Gasteiger partial charge in [-0.05, 0) is 24.6 Å². The summed E-state index contributed by atoms with van der Waals surface area (Å²) in [6.45, 7) is 2.42. The van der Waals surface area contributed by atoms with Crippen molar-refractivity contribution >= 4 is 42.1 Å². The number of carbonyl (C=O) groups excluding carboxylic acids is 3. The van der Waals surface area contributed by atoms with Crippen LogP contribution in [0.5, 0.6) is 5.75 Å². The summed E-state index contributed by atoms with van der Waals surface area (Å²) in [6.07, 6.45) is -2.85. The summed E-state index contributed by atoms with van der Waals surface area (Å²) in [5, 5.41) is 0.755. The van der Waals surface area contributed by atoms with E-state index in [0.29, 0.717) is 11.3 Å². The molecule has 0 N–H and O–H groups in total. The summed E-state index contributed by atoms with van der Waals surface area (Å²) in [4.78, 5) is 44.1. The van der Waals surface area contributed by atoms with Crippen molar-refractivity contribution in [2.75, 3.05) is 5.75 Å². The van der Waals surface area contributed by atoms with Gasteiger partial charge in [-0.25, -0.2) is 4.79 Å². The van der Waals surface area contributed by atoms with Crippen molar-refractivity contribution in [3.63, 3.8) is 0 Å². The zero-order valence-corrected chi connectivity index (χ0v) is 15.5. The van der Waals surface area contributed by atoms with Crippen molar-refractivity contribution in [2.24, 2.45) is 0 Å². The summed E-state index contributed by atoms with van der Waals surface area (Å²) in [6, 6.07) is 6.36. The van der Waals surface area contributed by atoms with Crippen molar-refractivity contribution in [1.29, 1.82) is 0 Å². The highest BCUT2D eigenvalue weighted by Gasteiger charge is 2.46. The van der Waals surface area contributed by atoms with Crippen LogP contribution in [0.3, 0.4) is 0 Å². The number of benzene rings is 1. The van der Waals surface area contributed by atoms with Gasteiger partial charge in [-0.15, -0.1) is 11.8 Å². The Bertz CT molecular complexity index is 925. The molecule has 0 amide bonds. The van der Waals surface area contributed by atoms with E-state index in [1.165, 1.54) is 17.8 Å². The molecule has 0 saturated carbocycles. The molecular formula is C18H16O9S. The predicted molar refractivity (Wildman–Crippen MR) is 96.9 cm³/mol. The van der Waals surface area contributed by atoms with Crippen LogP contribution in [-0.4, -0.2) is 48.9 Å². The molecule has 1 aliphatic heterocycles. The van der Waals surface area contributed by atoms with Crippen molar-refractivity contribution in [2.45, 2.75) is 30.7 Å². The highest BCUT2D eigenvalue weighted by Crippen LogP contribution is 2.34. The second-order valence-corrected chi connectivity index (χ2v) is 7.02. The van der Waals surface area contributed by atoms with Crippen LogP contribution in [0.1, 0.15) is 5.56 Å². The Morgan fingerprint density at radius 1 is 1.04 bits per heavy atom. The third-order valence-electron chi connectivity index (χ3n) is 4.21. The summed E-state index contributed by atoms with van der Waals surface area (Å²) in [5.41, 5.74) is -0.125. The number of aryl methyl sites for hydroxylation is 1. The maximum Gasteiger partial charge on any atom is 0.336 e. The smallest absolute Gasteiger partial charge is 0.336 e. The Hall–Kier alpha value is -3.01. The van der Waals surface area contributed by atoms with Crippen LogP contribution >= 0.6 is 11.8 Å². The molecule has 2 aromatic rings. The van der Waals surface area contributed by atoms with Gasteiger partial charge in [-0.1, -0.05) is 0 Å². The lowest BCUT2D eigenvalue weighted by atomic mass is 10.1. The molecule has 4 atom stereocenters. The molecule has 10 heteroatoms. The molecule has 1 fully saturated rings. The molecule has 3 rings (SSSR count). The van der Waals surface area contributed by atoms with E-state index in [4.69, 9.17) is 23.4 Å². The summed E-state index contributed by atoms with van der Waals surface area (Å²) < 4.78 is 26.0. The molecule has 0 aliphatic carbocycles. The fourth-order valence-electron chi connectivity index (χ4n) is 2.98. The number of hydrogen-bond acceptors (Lipinski definition) is 10. The molecule has 28 heavy (non-hydrogen) atoms. The quantitative estimate of drug-likeness (QED) is 0.358. The molecule has 148 valence electrons. The number of carbonyl (C=O) groups is 3. The van der Waals surface area contributed by atoms with E-state index in [2.05, 4.69) is 0 Å². The second kappa shape index (κ2) is 8.79. The van der Waals surface area contributed by atoms with E-state index in [1.54, 1.807) is 25.1 Å². The summed E-state index contributed by atoms with van der Waals surface area (Å²) >= 11 is 1.22. The van der Waals surface area contributed by atoms with Crippen LogP contribution in [0.15, 0.2) is 33.5 Å². The average Bonchev–Trinajstić information content (AvgIpc) is 2.66. The molecule has 0 radical (unpaired) electrons. The van der Waals surface area contributed by atoms with Gasteiger partial charge in [0, 0.05) is 23.3 Å². The Kier molecular flexibility index (Phi) is 6.19. The minimum Gasteiger partial charge on any atom is -0.476 e. The predicted octanol–water partition coefficient (Wildman–Crippen LogP) is 1.18. The van der Waals surface area contributed by atoms with Crippen LogP contribution in [0.25, 0.3) is 11.0 Å². The number of hydrogen-bond donors (Lipinski definition) is 0. The van der Waals surface area contributed by atoms with E-state index < -0.39 is 29.4 Å². The fraction of sp³-hybridized carbons (Fsp3) is 0.333. The molecule has 1 saturated heterocycles. The molecule has 1 aromatic carbocycles. The minimum absolute atomic E-state index is 0.188. The molecule has 9 nitrogen and oxygen atoms in total. The Labute approximate surface area is 162 Å². The number of fused-ring (bicyclic) bond motifs is 1. The maximum absolute atomic E-state index is 11.6. The molecule has 0 bridgehead atoms. The van der Waals surface area contributed by atoms with Crippen LogP contribution in [0, 0.1) is 6.92 Å². The van der Waals surface area contributed by atoms with Gasteiger partial charge < -0.3 is 23.4 Å². The van der Waals surface area contributed by atoms with E-state index >= 15 is 0 Å². The average molecular weight is 408 g/mol. The SMILES string of the molecule is Cc1cc(=O)oc2cc(O[C@@H]3SC[C@@H](OC=O)[C@H](OC=O)[C@H]3OC=O)ccc12. The molecular weight excluding hydrogens is 392 g/mol. The highest BCUT2D eigenvalue weighted by atomic mass is 32.2. The van der Waals surface area contributed by atoms with Crippen molar-refractivity contribution < 1.29 is 37.7 Å². The topological polar surface area (TPSA) is 118 Å². The van der Waals surface area contributed by atoms with E-state index in [0.717, 1.165) is 10.9 Å². The Morgan fingerprint density at radius 2 is 1.75 bits per heavy atom. The molecule has 0 spiro atoms. The monoisotopic (exact) mass is 408 g/mol. The summed E-state index contributed by atoms with van der Waals surface area (Å²) in [5.74, 6) is 0.612. The molecule has 2 heterocycles. The van der Waals surface area contributed by atoms with Gasteiger partial charge in [0.1, 0.15) is 11.3 Å². The third-order valence-corrected chi connectivity index (χ3v) is 5.43. The lowest BCUT2D eigenvalue weighted by molar-refractivity contribution is -0.171. The maximum atomic E-state index is 11.6. The van der Waals surface area contributed by atoms with E-state index in [-0.39, 0.29) is 25.2 Å². The van der Waals surface area contributed by atoms with E-state index in [1.807, 2.05) is 0 Å². The second-order valence-electron chi connectivity index (χ2n) is 5.89. The van der Waals surface area contributed by atoms with Gasteiger partial charge in [0.25, 0.3) is 19.4 Å². The van der Waals surface area contributed by atoms with Gasteiger partial charge >= 0.3 is 5.63 Å². The largest absolute Gasteiger partial charge is 0.476 e. The van der Waals surface area contributed by atoms with Crippen molar-refractivity contribution in [3.8, 4) is 5.75 Å². The number of ether oxygens (including phenoxy) is 4.